The van der Waals surface area contributed by atoms with Gasteiger partial charge < -0.3 is 14.7 Å². The van der Waals surface area contributed by atoms with Crippen LogP contribution < -0.4 is 0 Å². The summed E-state index contributed by atoms with van der Waals surface area (Å²) >= 11 is 0. The van der Waals surface area contributed by atoms with Gasteiger partial charge in [-0.2, -0.15) is 0 Å². The van der Waals surface area contributed by atoms with Crippen LogP contribution in [0, 0.1) is 5.92 Å². The van der Waals surface area contributed by atoms with Gasteiger partial charge in [-0.15, -0.1) is 0 Å². The molecule has 5 heteroatoms. The van der Waals surface area contributed by atoms with Gasteiger partial charge in [-0.3, -0.25) is 4.79 Å². The van der Waals surface area contributed by atoms with Crippen LogP contribution in [-0.4, -0.2) is 48.2 Å². The molecule has 13 heavy (non-hydrogen) atoms. The van der Waals surface area contributed by atoms with Crippen LogP contribution in [0.2, 0.25) is 0 Å². The molecule has 1 saturated heterocycles. The van der Waals surface area contributed by atoms with Gasteiger partial charge in [0.25, 0.3) is 0 Å². The fraction of sp³-hybridized carbons (Fsp3) is 0.750. The molecule has 0 bridgehead atoms. The molecule has 1 aliphatic heterocycles. The van der Waals surface area contributed by atoms with Gasteiger partial charge in [-0.05, 0) is 0 Å². The van der Waals surface area contributed by atoms with Crippen LogP contribution in [0.5, 0.6) is 0 Å². The van der Waals surface area contributed by atoms with E-state index < -0.39 is 12.0 Å². The third-order valence-corrected chi connectivity index (χ3v) is 2.28. The molecule has 0 spiro atoms. The molecule has 1 atom stereocenters. The molecule has 1 unspecified atom stereocenters. The topological polar surface area (TPSA) is 66.8 Å². The smallest absolute Gasteiger partial charge is 0.326 e. The predicted molar refractivity (Wildman–Crippen MR) is 44.2 cm³/mol. The lowest BCUT2D eigenvalue weighted by Gasteiger charge is -2.35. The number of amides is 1. The zero-order valence-electron chi connectivity index (χ0n) is 7.69. The number of hydrogen-bond donors (Lipinski definition) is 1. The number of carbonyl (C=O) groups is 2. The minimum Gasteiger partial charge on any atom is -0.480 e. The average Bonchev–Trinajstić information content (AvgIpc) is 1.94. The molecule has 1 fully saturated rings. The summed E-state index contributed by atoms with van der Waals surface area (Å²) in [5.41, 5.74) is 0. The Bertz CT molecular complexity index is 224. The number of nitrogens with zero attached hydrogens (tertiary/aromatic N) is 1. The minimum absolute atomic E-state index is 0.0635. The van der Waals surface area contributed by atoms with E-state index in [1.807, 2.05) is 0 Å². The Hall–Kier alpha value is -1.10. The Balaban J connectivity index is 2.66. The van der Waals surface area contributed by atoms with Crippen LogP contribution in [0.3, 0.4) is 0 Å². The van der Waals surface area contributed by atoms with Crippen molar-refractivity contribution in [2.45, 2.75) is 13.0 Å². The maximum absolute atomic E-state index is 11.0. The van der Waals surface area contributed by atoms with E-state index in [-0.39, 0.29) is 11.8 Å². The Morgan fingerprint density at radius 2 is 2.08 bits per heavy atom. The van der Waals surface area contributed by atoms with Gasteiger partial charge in [0.2, 0.25) is 5.91 Å². The summed E-state index contributed by atoms with van der Waals surface area (Å²) in [4.78, 5) is 23.0. The lowest BCUT2D eigenvalue weighted by molar-refractivity contribution is -0.159. The first-order valence-electron chi connectivity index (χ1n) is 4.08. The van der Waals surface area contributed by atoms with E-state index in [2.05, 4.69) is 0 Å². The van der Waals surface area contributed by atoms with E-state index in [0.717, 1.165) is 0 Å². The maximum atomic E-state index is 11.0. The lowest BCUT2D eigenvalue weighted by atomic mass is 9.97. The van der Waals surface area contributed by atoms with Gasteiger partial charge in [-0.25, -0.2) is 4.79 Å². The van der Waals surface area contributed by atoms with Gasteiger partial charge in [0.05, 0.1) is 13.2 Å². The van der Waals surface area contributed by atoms with Crippen LogP contribution in [0.4, 0.5) is 0 Å². The van der Waals surface area contributed by atoms with Crippen molar-refractivity contribution < 1.29 is 19.4 Å². The number of ether oxygens (including phenoxy) is 1. The molecule has 1 heterocycles. The van der Waals surface area contributed by atoms with Crippen LogP contribution in [0.1, 0.15) is 6.92 Å². The zero-order valence-corrected chi connectivity index (χ0v) is 7.69. The Labute approximate surface area is 76.3 Å². The average molecular weight is 187 g/mol. The first kappa shape index (κ1) is 9.98. The molecule has 1 aliphatic rings. The second kappa shape index (κ2) is 3.74. The molecule has 1 amide bonds. The molecule has 5 nitrogen and oxygen atoms in total. The molecule has 0 aliphatic carbocycles. The van der Waals surface area contributed by atoms with Crippen molar-refractivity contribution in [3.8, 4) is 0 Å². The Morgan fingerprint density at radius 3 is 2.31 bits per heavy atom. The summed E-state index contributed by atoms with van der Waals surface area (Å²) in [6.45, 7) is 2.21. The number of likely N-dealkylation sites (N-methyl/N-ethyl adjacent to an activating group) is 1. The number of rotatable bonds is 3. The molecular weight excluding hydrogens is 174 g/mol. The molecular formula is C8H13NO4. The highest BCUT2D eigenvalue weighted by Gasteiger charge is 2.37. The SMILES string of the molecule is CC(=O)N(C)C(C(=O)O)C1COC1. The highest BCUT2D eigenvalue weighted by atomic mass is 16.5. The number of carbonyl (C=O) groups excluding carboxylic acids is 1. The maximum Gasteiger partial charge on any atom is 0.326 e. The first-order valence-corrected chi connectivity index (χ1v) is 4.08. The second-order valence-corrected chi connectivity index (χ2v) is 3.21. The van der Waals surface area contributed by atoms with Gasteiger partial charge in [0, 0.05) is 19.9 Å². The molecule has 74 valence electrons. The Kier molecular flexibility index (Phi) is 2.87. The number of aliphatic carboxylic acids is 1. The van der Waals surface area contributed by atoms with Crippen molar-refractivity contribution in [2.24, 2.45) is 5.92 Å². The van der Waals surface area contributed by atoms with Gasteiger partial charge in [-0.1, -0.05) is 0 Å². The number of carboxylic acids is 1. The van der Waals surface area contributed by atoms with E-state index in [1.165, 1.54) is 18.9 Å². The molecule has 1 N–H and O–H groups in total. The number of hydrogen-bond acceptors (Lipinski definition) is 3. The van der Waals surface area contributed by atoms with E-state index in [0.29, 0.717) is 13.2 Å². The largest absolute Gasteiger partial charge is 0.480 e. The summed E-state index contributed by atoms with van der Waals surface area (Å²) < 4.78 is 4.89. The molecule has 1 rings (SSSR count). The van der Waals surface area contributed by atoms with E-state index >= 15 is 0 Å². The second-order valence-electron chi connectivity index (χ2n) is 3.21. The quantitative estimate of drug-likeness (QED) is 0.650. The van der Waals surface area contributed by atoms with Crippen LogP contribution in [0.15, 0.2) is 0 Å². The standard InChI is InChI=1S/C8H13NO4/c1-5(10)9(2)7(8(11)12)6-3-13-4-6/h6-7H,3-4H2,1-2H3,(H,11,12). The highest BCUT2D eigenvalue weighted by molar-refractivity contribution is 5.82. The number of carboxylic acid groups (broad SMARTS) is 1. The molecule has 0 aromatic rings. The van der Waals surface area contributed by atoms with Crippen LogP contribution >= 0.6 is 0 Å². The molecule has 0 aromatic carbocycles. The molecule has 0 radical (unpaired) electrons. The van der Waals surface area contributed by atoms with E-state index in [9.17, 15) is 9.59 Å². The highest BCUT2D eigenvalue weighted by Crippen LogP contribution is 2.19. The minimum atomic E-state index is -0.967. The van der Waals surface area contributed by atoms with Gasteiger partial charge >= 0.3 is 5.97 Å². The third-order valence-electron chi connectivity index (χ3n) is 2.28. The lowest BCUT2D eigenvalue weighted by Crippen LogP contribution is -2.52. The van der Waals surface area contributed by atoms with Crippen molar-refractivity contribution in [1.29, 1.82) is 0 Å². The third kappa shape index (κ3) is 1.98. The van der Waals surface area contributed by atoms with E-state index in [4.69, 9.17) is 9.84 Å². The first-order chi connectivity index (χ1) is 6.04. The fourth-order valence-corrected chi connectivity index (χ4v) is 1.32. The van der Waals surface area contributed by atoms with Crippen molar-refractivity contribution >= 4 is 11.9 Å². The summed E-state index contributed by atoms with van der Waals surface area (Å²) in [5.74, 6) is -1.27. The summed E-state index contributed by atoms with van der Waals surface area (Å²) in [6, 6.07) is -0.744. The summed E-state index contributed by atoms with van der Waals surface area (Å²) in [6.07, 6.45) is 0. The summed E-state index contributed by atoms with van der Waals surface area (Å²) in [5, 5.41) is 8.88. The molecule has 0 aromatic heterocycles. The van der Waals surface area contributed by atoms with Crippen molar-refractivity contribution in [3.63, 3.8) is 0 Å². The van der Waals surface area contributed by atoms with Crippen molar-refractivity contribution in [3.05, 3.63) is 0 Å². The fourth-order valence-electron chi connectivity index (χ4n) is 1.32. The van der Waals surface area contributed by atoms with E-state index in [1.54, 1.807) is 0 Å². The van der Waals surface area contributed by atoms with Gasteiger partial charge in [0.1, 0.15) is 6.04 Å². The van der Waals surface area contributed by atoms with Crippen LogP contribution in [-0.2, 0) is 14.3 Å². The normalized spacial score (nSPS) is 18.9. The predicted octanol–water partition coefficient (Wildman–Crippen LogP) is -0.436. The van der Waals surface area contributed by atoms with Crippen molar-refractivity contribution in [1.82, 2.24) is 4.90 Å². The monoisotopic (exact) mass is 187 g/mol. The van der Waals surface area contributed by atoms with Crippen molar-refractivity contribution in [2.75, 3.05) is 20.3 Å². The summed E-state index contributed by atoms with van der Waals surface area (Å²) in [7, 11) is 1.50. The Morgan fingerprint density at radius 1 is 1.54 bits per heavy atom. The molecule has 0 saturated carbocycles. The van der Waals surface area contributed by atoms with Gasteiger partial charge in [0.15, 0.2) is 0 Å². The van der Waals surface area contributed by atoms with Crippen LogP contribution in [0.25, 0.3) is 0 Å². The zero-order chi connectivity index (χ0) is 10.0.